The minimum Gasteiger partial charge on any atom is -0.486 e. The molecule has 0 aromatic heterocycles. The summed E-state index contributed by atoms with van der Waals surface area (Å²) in [6, 6.07) is 5.78. The van der Waals surface area contributed by atoms with Crippen molar-refractivity contribution in [1.29, 1.82) is 0 Å². The Bertz CT molecular complexity index is 544. The van der Waals surface area contributed by atoms with E-state index >= 15 is 0 Å². The van der Waals surface area contributed by atoms with Gasteiger partial charge in [0.15, 0.2) is 11.5 Å². The molecule has 3 rings (SSSR count). The second kappa shape index (κ2) is 5.40. The number of rotatable bonds is 3. The largest absolute Gasteiger partial charge is 0.486 e. The molecule has 1 fully saturated rings. The van der Waals surface area contributed by atoms with E-state index in [2.05, 4.69) is 5.32 Å². The van der Waals surface area contributed by atoms with Crippen molar-refractivity contribution < 1.29 is 19.1 Å². The summed E-state index contributed by atoms with van der Waals surface area (Å²) < 4.78 is 11.0. The number of nitrogens with one attached hydrogen (secondary N) is 1. The van der Waals surface area contributed by atoms with Crippen LogP contribution in [-0.4, -0.2) is 49.6 Å². The minimum absolute atomic E-state index is 0.0397. The van der Waals surface area contributed by atoms with Crippen LogP contribution in [0.1, 0.15) is 5.56 Å². The summed E-state index contributed by atoms with van der Waals surface area (Å²) in [6.07, 6.45) is 0.690. The maximum absolute atomic E-state index is 11.7. The molecule has 0 spiro atoms. The van der Waals surface area contributed by atoms with Gasteiger partial charge in [-0.15, -0.1) is 0 Å². The first-order valence-electron chi connectivity index (χ1n) is 6.65. The summed E-state index contributed by atoms with van der Waals surface area (Å²) in [7, 11) is 0. The molecule has 2 heterocycles. The number of piperazine rings is 1. The van der Waals surface area contributed by atoms with E-state index in [4.69, 9.17) is 9.47 Å². The van der Waals surface area contributed by atoms with Crippen LogP contribution < -0.4 is 14.8 Å². The average Bonchev–Trinajstić information content (AvgIpc) is 2.48. The monoisotopic (exact) mass is 276 g/mol. The SMILES string of the molecule is O=C1CN(CCc2ccc3c(c2)OCCO3)C(=O)CN1. The predicted molar refractivity (Wildman–Crippen MR) is 70.7 cm³/mol. The number of carbonyl (C=O) groups excluding carboxylic acids is 2. The van der Waals surface area contributed by atoms with Crippen LogP contribution in [0.25, 0.3) is 0 Å². The van der Waals surface area contributed by atoms with Crippen LogP contribution >= 0.6 is 0 Å². The fourth-order valence-corrected chi connectivity index (χ4v) is 2.31. The third kappa shape index (κ3) is 2.68. The maximum atomic E-state index is 11.7. The number of benzene rings is 1. The van der Waals surface area contributed by atoms with E-state index in [1.807, 2.05) is 18.2 Å². The van der Waals surface area contributed by atoms with Gasteiger partial charge in [-0.05, 0) is 24.1 Å². The van der Waals surface area contributed by atoms with E-state index in [1.54, 1.807) is 4.90 Å². The van der Waals surface area contributed by atoms with E-state index < -0.39 is 0 Å². The third-order valence-corrected chi connectivity index (χ3v) is 3.40. The lowest BCUT2D eigenvalue weighted by molar-refractivity contribution is -0.140. The Balaban J connectivity index is 1.63. The highest BCUT2D eigenvalue weighted by Gasteiger charge is 2.22. The van der Waals surface area contributed by atoms with E-state index in [0.717, 1.165) is 17.1 Å². The number of fused-ring (bicyclic) bond motifs is 1. The second-order valence-electron chi connectivity index (χ2n) is 4.82. The number of hydrogen-bond acceptors (Lipinski definition) is 4. The maximum Gasteiger partial charge on any atom is 0.242 e. The van der Waals surface area contributed by atoms with E-state index in [9.17, 15) is 9.59 Å². The molecule has 2 aliphatic heterocycles. The highest BCUT2D eigenvalue weighted by molar-refractivity contribution is 5.92. The van der Waals surface area contributed by atoms with Gasteiger partial charge in [0.1, 0.15) is 13.2 Å². The summed E-state index contributed by atoms with van der Waals surface area (Å²) in [5.41, 5.74) is 1.06. The summed E-state index contributed by atoms with van der Waals surface area (Å²) in [4.78, 5) is 24.5. The van der Waals surface area contributed by atoms with Crippen molar-refractivity contribution >= 4 is 11.8 Å². The van der Waals surface area contributed by atoms with E-state index in [1.165, 1.54) is 0 Å². The van der Waals surface area contributed by atoms with Gasteiger partial charge in [-0.1, -0.05) is 6.07 Å². The van der Waals surface area contributed by atoms with Crippen LogP contribution in [0, 0.1) is 0 Å². The molecule has 6 heteroatoms. The standard InChI is InChI=1S/C14H16N2O4/c17-13-9-16(14(18)8-15-13)4-3-10-1-2-11-12(7-10)20-6-5-19-11/h1-2,7H,3-6,8-9H2,(H,15,17). The molecular formula is C14H16N2O4. The zero-order valence-electron chi connectivity index (χ0n) is 11.1. The van der Waals surface area contributed by atoms with Gasteiger partial charge in [0, 0.05) is 6.54 Å². The molecule has 0 unspecified atom stereocenters. The Morgan fingerprint density at radius 3 is 2.80 bits per heavy atom. The molecule has 6 nitrogen and oxygen atoms in total. The first-order chi connectivity index (χ1) is 9.72. The first-order valence-corrected chi connectivity index (χ1v) is 6.65. The van der Waals surface area contributed by atoms with Crippen LogP contribution in [0.5, 0.6) is 11.5 Å². The lowest BCUT2D eigenvalue weighted by Gasteiger charge is -2.26. The molecule has 2 aliphatic rings. The molecule has 2 amide bonds. The molecule has 0 radical (unpaired) electrons. The molecule has 20 heavy (non-hydrogen) atoms. The van der Waals surface area contributed by atoms with Gasteiger partial charge < -0.3 is 19.7 Å². The lowest BCUT2D eigenvalue weighted by atomic mass is 10.1. The first kappa shape index (κ1) is 12.8. The zero-order valence-corrected chi connectivity index (χ0v) is 11.1. The van der Waals surface area contributed by atoms with Gasteiger partial charge in [-0.2, -0.15) is 0 Å². The van der Waals surface area contributed by atoms with Crippen LogP contribution in [0.3, 0.4) is 0 Å². The normalized spacial score (nSPS) is 17.9. The Hall–Kier alpha value is -2.24. The third-order valence-electron chi connectivity index (χ3n) is 3.40. The van der Waals surface area contributed by atoms with Crippen LogP contribution in [0.4, 0.5) is 0 Å². The van der Waals surface area contributed by atoms with Gasteiger partial charge in [0.25, 0.3) is 0 Å². The fourth-order valence-electron chi connectivity index (χ4n) is 2.31. The predicted octanol–water partition coefficient (Wildman–Crippen LogP) is -0.0413. The van der Waals surface area contributed by atoms with Crippen molar-refractivity contribution in [1.82, 2.24) is 10.2 Å². The van der Waals surface area contributed by atoms with Crippen molar-refractivity contribution in [2.75, 3.05) is 32.8 Å². The summed E-state index contributed by atoms with van der Waals surface area (Å²) in [5, 5.41) is 2.53. The molecule has 106 valence electrons. The molecule has 0 aliphatic carbocycles. The molecule has 1 saturated heterocycles. The quantitative estimate of drug-likeness (QED) is 0.841. The fraction of sp³-hybridized carbons (Fsp3) is 0.429. The van der Waals surface area contributed by atoms with Gasteiger partial charge in [-0.25, -0.2) is 0 Å². The van der Waals surface area contributed by atoms with Gasteiger partial charge in [-0.3, -0.25) is 9.59 Å². The highest BCUT2D eigenvalue weighted by atomic mass is 16.6. The summed E-state index contributed by atoms with van der Waals surface area (Å²) in [5.74, 6) is 1.36. The zero-order chi connectivity index (χ0) is 13.9. The van der Waals surface area contributed by atoms with Gasteiger partial charge in [0.05, 0.1) is 13.1 Å². The van der Waals surface area contributed by atoms with Crippen molar-refractivity contribution in [3.63, 3.8) is 0 Å². The number of nitrogens with zero attached hydrogens (tertiary/aromatic N) is 1. The van der Waals surface area contributed by atoms with Crippen LogP contribution in [-0.2, 0) is 16.0 Å². The number of carbonyl (C=O) groups is 2. The molecule has 1 aromatic rings. The second-order valence-corrected chi connectivity index (χ2v) is 4.82. The lowest BCUT2D eigenvalue weighted by Crippen LogP contribution is -2.51. The van der Waals surface area contributed by atoms with E-state index in [-0.39, 0.29) is 24.9 Å². The average molecular weight is 276 g/mol. The van der Waals surface area contributed by atoms with E-state index in [0.29, 0.717) is 26.2 Å². The topological polar surface area (TPSA) is 67.9 Å². The number of amides is 2. The molecule has 1 aromatic carbocycles. The highest BCUT2D eigenvalue weighted by Crippen LogP contribution is 2.30. The van der Waals surface area contributed by atoms with Crippen molar-refractivity contribution in [3.05, 3.63) is 23.8 Å². The number of hydrogen-bond donors (Lipinski definition) is 1. The molecule has 0 saturated carbocycles. The Labute approximate surface area is 116 Å². The summed E-state index contributed by atoms with van der Waals surface area (Å²) >= 11 is 0. The van der Waals surface area contributed by atoms with Crippen molar-refractivity contribution in [2.24, 2.45) is 0 Å². The Morgan fingerprint density at radius 1 is 1.15 bits per heavy atom. The molecule has 0 atom stereocenters. The Kier molecular flexibility index (Phi) is 3.45. The minimum atomic E-state index is -0.105. The molecule has 0 bridgehead atoms. The van der Waals surface area contributed by atoms with Gasteiger partial charge in [0.2, 0.25) is 11.8 Å². The van der Waals surface area contributed by atoms with Crippen LogP contribution in [0.2, 0.25) is 0 Å². The molecular weight excluding hydrogens is 260 g/mol. The Morgan fingerprint density at radius 2 is 1.95 bits per heavy atom. The number of ether oxygens (including phenoxy) is 2. The van der Waals surface area contributed by atoms with Crippen molar-refractivity contribution in [2.45, 2.75) is 6.42 Å². The van der Waals surface area contributed by atoms with Gasteiger partial charge >= 0.3 is 0 Å². The van der Waals surface area contributed by atoms with Crippen LogP contribution in [0.15, 0.2) is 18.2 Å². The van der Waals surface area contributed by atoms with Crippen molar-refractivity contribution in [3.8, 4) is 11.5 Å². The summed E-state index contributed by atoms with van der Waals surface area (Å²) in [6.45, 7) is 1.90. The molecule has 1 N–H and O–H groups in total. The smallest absolute Gasteiger partial charge is 0.242 e.